The highest BCUT2D eigenvalue weighted by Gasteiger charge is 2.43. The summed E-state index contributed by atoms with van der Waals surface area (Å²) in [5.74, 6) is -4.96. The third-order valence-corrected chi connectivity index (χ3v) is 8.54. The van der Waals surface area contributed by atoms with Gasteiger partial charge in [0.15, 0.2) is 0 Å². The molecule has 0 aromatic rings. The zero-order chi connectivity index (χ0) is 34.9. The molecule has 0 radical (unpaired) electrons. The van der Waals surface area contributed by atoms with Crippen LogP contribution in [-0.2, 0) is 33.6 Å². The smallest absolute Gasteiger partial charge is 0.326 e. The van der Waals surface area contributed by atoms with Crippen molar-refractivity contribution in [2.75, 3.05) is 13.1 Å². The lowest BCUT2D eigenvalue weighted by molar-refractivity contribution is -0.146. The third kappa shape index (κ3) is 10.4. The molecule has 2 saturated heterocycles. The molecule has 8 N–H and O–H groups in total. The van der Waals surface area contributed by atoms with Crippen LogP contribution in [0.15, 0.2) is 0 Å². The molecular weight excluding hydrogens is 598 g/mol. The van der Waals surface area contributed by atoms with E-state index in [4.69, 9.17) is 11.5 Å². The number of hydrogen-bond acceptors (Lipinski definition) is 8. The number of primary amides is 1. The van der Waals surface area contributed by atoms with Crippen LogP contribution in [0.25, 0.3) is 0 Å². The first kappa shape index (κ1) is 38.4. The van der Waals surface area contributed by atoms with Crippen LogP contribution in [0, 0.1) is 17.8 Å². The Morgan fingerprint density at radius 2 is 1.28 bits per heavy atom. The van der Waals surface area contributed by atoms with Crippen molar-refractivity contribution < 1.29 is 38.7 Å². The molecule has 0 bridgehead atoms. The van der Waals surface area contributed by atoms with E-state index in [0.29, 0.717) is 38.6 Å². The second-order valence-corrected chi connectivity index (χ2v) is 13.5. The van der Waals surface area contributed by atoms with Crippen LogP contribution in [0.4, 0.5) is 0 Å². The highest BCUT2D eigenvalue weighted by Crippen LogP contribution is 2.24. The van der Waals surface area contributed by atoms with E-state index in [1.807, 2.05) is 27.7 Å². The fourth-order valence-electron chi connectivity index (χ4n) is 5.82. The molecule has 260 valence electrons. The maximum absolute atomic E-state index is 13.8. The summed E-state index contributed by atoms with van der Waals surface area (Å²) in [5, 5.41) is 17.5. The van der Waals surface area contributed by atoms with Gasteiger partial charge in [-0.3, -0.25) is 28.8 Å². The number of nitrogens with one attached hydrogen (secondary N) is 3. The van der Waals surface area contributed by atoms with Crippen molar-refractivity contribution >= 4 is 41.4 Å². The van der Waals surface area contributed by atoms with Crippen LogP contribution >= 0.6 is 0 Å². The van der Waals surface area contributed by atoms with Crippen LogP contribution < -0.4 is 27.4 Å². The molecule has 0 saturated carbocycles. The van der Waals surface area contributed by atoms with Crippen molar-refractivity contribution in [1.82, 2.24) is 25.8 Å². The molecule has 0 spiro atoms. The van der Waals surface area contributed by atoms with E-state index in [-0.39, 0.29) is 43.0 Å². The van der Waals surface area contributed by atoms with Crippen molar-refractivity contribution in [3.05, 3.63) is 0 Å². The number of carbonyl (C=O) groups is 7. The lowest BCUT2D eigenvalue weighted by atomic mass is 9.99. The van der Waals surface area contributed by atoms with Crippen LogP contribution in [0.2, 0.25) is 0 Å². The Morgan fingerprint density at radius 3 is 1.74 bits per heavy atom. The average molecular weight is 652 g/mol. The number of rotatable bonds is 16. The van der Waals surface area contributed by atoms with Crippen LogP contribution in [0.3, 0.4) is 0 Å². The summed E-state index contributed by atoms with van der Waals surface area (Å²) in [6, 6.07) is -5.84. The molecular formula is C31H53N7O8. The van der Waals surface area contributed by atoms with Gasteiger partial charge in [0, 0.05) is 19.5 Å². The monoisotopic (exact) mass is 651 g/mol. The number of amides is 6. The number of nitrogens with zero attached hydrogens (tertiary/aromatic N) is 2. The molecule has 2 aliphatic heterocycles. The van der Waals surface area contributed by atoms with Gasteiger partial charge in [-0.25, -0.2) is 4.79 Å². The standard InChI is InChI=1S/C31H53N7O8/c1-16(2)15-20(35-28(42)24(33)17(3)4)29(43)37-13-7-10-22(37)27(41)36-25(18(5)6)30(44)38-14-8-9-21(38)26(40)34-19(31(45)46)11-12-23(32)39/h16-22,24-25H,7-15,33H2,1-6H3,(H2,32,39)(H,34,40)(H,35,42)(H,36,41)(H,45,46)/t19-,20-,21+,22-,24-,25-/m0/s1. The van der Waals surface area contributed by atoms with Crippen LogP contribution in [0.1, 0.15) is 86.5 Å². The van der Waals surface area contributed by atoms with E-state index in [1.165, 1.54) is 9.80 Å². The predicted octanol–water partition coefficient (Wildman–Crippen LogP) is -0.542. The van der Waals surface area contributed by atoms with Crippen molar-refractivity contribution in [2.45, 2.75) is 123 Å². The Labute approximate surface area is 270 Å². The predicted molar refractivity (Wildman–Crippen MR) is 168 cm³/mol. The van der Waals surface area contributed by atoms with Crippen molar-refractivity contribution in [3.63, 3.8) is 0 Å². The molecule has 2 fully saturated rings. The lowest BCUT2D eigenvalue weighted by Gasteiger charge is -2.33. The Morgan fingerprint density at radius 1 is 0.761 bits per heavy atom. The van der Waals surface area contributed by atoms with Crippen molar-refractivity contribution in [2.24, 2.45) is 29.2 Å². The van der Waals surface area contributed by atoms with Gasteiger partial charge in [-0.15, -0.1) is 0 Å². The van der Waals surface area contributed by atoms with E-state index < -0.39 is 71.8 Å². The van der Waals surface area contributed by atoms with Gasteiger partial charge in [0.1, 0.15) is 30.2 Å². The van der Waals surface area contributed by atoms with E-state index in [1.54, 1.807) is 13.8 Å². The summed E-state index contributed by atoms with van der Waals surface area (Å²) in [4.78, 5) is 92.6. The van der Waals surface area contributed by atoms with Gasteiger partial charge in [0.25, 0.3) is 0 Å². The van der Waals surface area contributed by atoms with E-state index in [2.05, 4.69) is 16.0 Å². The maximum atomic E-state index is 13.8. The summed E-state index contributed by atoms with van der Waals surface area (Å²) >= 11 is 0. The van der Waals surface area contributed by atoms with Gasteiger partial charge < -0.3 is 42.3 Å². The van der Waals surface area contributed by atoms with Gasteiger partial charge in [0.2, 0.25) is 35.4 Å². The molecule has 6 atom stereocenters. The Balaban J connectivity index is 2.18. The number of aliphatic carboxylic acids is 1. The molecule has 46 heavy (non-hydrogen) atoms. The number of likely N-dealkylation sites (tertiary alicyclic amines) is 2. The average Bonchev–Trinajstić information content (AvgIpc) is 3.66. The minimum atomic E-state index is -1.35. The lowest BCUT2D eigenvalue weighted by Crippen LogP contribution is -2.60. The van der Waals surface area contributed by atoms with E-state index in [9.17, 15) is 38.7 Å². The number of carboxylic acids is 1. The van der Waals surface area contributed by atoms with Gasteiger partial charge in [-0.2, -0.15) is 0 Å². The maximum Gasteiger partial charge on any atom is 0.326 e. The summed E-state index contributed by atoms with van der Waals surface area (Å²) in [5.41, 5.74) is 11.1. The largest absolute Gasteiger partial charge is 0.480 e. The Bertz CT molecular complexity index is 1140. The molecule has 0 unspecified atom stereocenters. The molecule has 2 heterocycles. The number of carboxylic acid groups (broad SMARTS) is 1. The van der Waals surface area contributed by atoms with Gasteiger partial charge in [-0.1, -0.05) is 41.5 Å². The molecule has 0 aromatic carbocycles. The zero-order valence-corrected chi connectivity index (χ0v) is 27.9. The van der Waals surface area contributed by atoms with Gasteiger partial charge >= 0.3 is 5.97 Å². The van der Waals surface area contributed by atoms with Crippen LogP contribution in [-0.4, -0.2) is 106 Å². The van der Waals surface area contributed by atoms with E-state index in [0.717, 1.165) is 0 Å². The highest BCUT2D eigenvalue weighted by atomic mass is 16.4. The summed E-state index contributed by atoms with van der Waals surface area (Å²) < 4.78 is 0. The SMILES string of the molecule is CC(C)C[C@H](NC(=O)[C@@H](N)C(C)C)C(=O)N1CCC[C@H]1C(=O)N[C@H](C(=O)N1CCC[C@@H]1C(=O)N[C@@H](CCC(N)=O)C(=O)O)C(C)C. The fourth-order valence-corrected chi connectivity index (χ4v) is 5.82. The molecule has 15 heteroatoms. The fraction of sp³-hybridized carbons (Fsp3) is 0.774. The Hall–Kier alpha value is -3.75. The molecule has 2 rings (SSSR count). The molecule has 6 amide bonds. The molecule has 15 nitrogen and oxygen atoms in total. The topological polar surface area (TPSA) is 234 Å². The van der Waals surface area contributed by atoms with Crippen molar-refractivity contribution in [1.29, 1.82) is 0 Å². The molecule has 0 aliphatic carbocycles. The van der Waals surface area contributed by atoms with Crippen LogP contribution in [0.5, 0.6) is 0 Å². The third-order valence-electron chi connectivity index (χ3n) is 8.54. The van der Waals surface area contributed by atoms with Gasteiger partial charge in [-0.05, 0) is 56.3 Å². The number of hydrogen-bond donors (Lipinski definition) is 6. The summed E-state index contributed by atoms with van der Waals surface area (Å²) in [7, 11) is 0. The van der Waals surface area contributed by atoms with Gasteiger partial charge in [0.05, 0.1) is 6.04 Å². The summed E-state index contributed by atoms with van der Waals surface area (Å²) in [6.07, 6.45) is 1.67. The minimum absolute atomic E-state index is 0.0712. The minimum Gasteiger partial charge on any atom is -0.480 e. The summed E-state index contributed by atoms with van der Waals surface area (Å²) in [6.45, 7) is 11.5. The molecule has 2 aliphatic rings. The normalized spacial score (nSPS) is 20.7. The quantitative estimate of drug-likeness (QED) is 0.126. The zero-order valence-electron chi connectivity index (χ0n) is 27.9. The second-order valence-electron chi connectivity index (χ2n) is 13.5. The molecule has 0 aromatic heterocycles. The number of carbonyl (C=O) groups excluding carboxylic acids is 6. The first-order valence-corrected chi connectivity index (χ1v) is 16.2. The number of nitrogens with two attached hydrogens (primary N) is 2. The first-order chi connectivity index (χ1) is 21.5. The highest BCUT2D eigenvalue weighted by molar-refractivity contribution is 5.97. The Kier molecular flexibility index (Phi) is 14.4. The van der Waals surface area contributed by atoms with Crippen molar-refractivity contribution in [3.8, 4) is 0 Å². The van der Waals surface area contributed by atoms with E-state index >= 15 is 0 Å². The second kappa shape index (κ2) is 17.2. The first-order valence-electron chi connectivity index (χ1n) is 16.2.